The molecule has 17 heavy (non-hydrogen) atoms. The van der Waals surface area contributed by atoms with Gasteiger partial charge in [0.15, 0.2) is 0 Å². The normalized spacial score (nSPS) is 52.9. The Morgan fingerprint density at radius 2 is 1.71 bits per heavy atom. The van der Waals surface area contributed by atoms with Gasteiger partial charge in [-0.15, -0.1) is 0 Å². The maximum Gasteiger partial charge on any atom is 0.286 e. The highest BCUT2D eigenvalue weighted by molar-refractivity contribution is 4.95. The summed E-state index contributed by atoms with van der Waals surface area (Å²) < 4.78 is 18.3. The third-order valence-corrected chi connectivity index (χ3v) is 4.97. The lowest BCUT2D eigenvalue weighted by Gasteiger charge is -2.30. The van der Waals surface area contributed by atoms with Gasteiger partial charge in [0.25, 0.3) is 5.97 Å². The van der Waals surface area contributed by atoms with Crippen molar-refractivity contribution in [2.45, 2.75) is 65.1 Å². The predicted octanol–water partition coefficient (Wildman–Crippen LogP) is 2.94. The lowest BCUT2D eigenvalue weighted by molar-refractivity contribution is -0.337. The molecule has 1 spiro atoms. The van der Waals surface area contributed by atoms with Gasteiger partial charge < -0.3 is 14.2 Å². The van der Waals surface area contributed by atoms with Gasteiger partial charge in [-0.05, 0) is 30.6 Å². The fourth-order valence-corrected chi connectivity index (χ4v) is 3.30. The highest BCUT2D eigenvalue weighted by Gasteiger charge is 2.61. The summed E-state index contributed by atoms with van der Waals surface area (Å²) in [5, 5.41) is 0. The van der Waals surface area contributed by atoms with Crippen molar-refractivity contribution in [3.05, 3.63) is 0 Å². The van der Waals surface area contributed by atoms with E-state index in [1.165, 1.54) is 6.42 Å². The van der Waals surface area contributed by atoms with Crippen LogP contribution in [0.4, 0.5) is 0 Å². The maximum absolute atomic E-state index is 6.19. The summed E-state index contributed by atoms with van der Waals surface area (Å²) >= 11 is 0. The average Bonchev–Trinajstić information content (AvgIpc) is 2.73. The van der Waals surface area contributed by atoms with Crippen molar-refractivity contribution in [1.29, 1.82) is 0 Å². The van der Waals surface area contributed by atoms with E-state index < -0.39 is 5.97 Å². The first-order valence-corrected chi connectivity index (χ1v) is 6.92. The van der Waals surface area contributed by atoms with Crippen molar-refractivity contribution >= 4 is 0 Å². The summed E-state index contributed by atoms with van der Waals surface area (Å²) in [5.41, 5.74) is 0.138. The average molecular weight is 240 g/mol. The molecular formula is C14H24O3. The minimum Gasteiger partial charge on any atom is -0.327 e. The first-order valence-electron chi connectivity index (χ1n) is 6.92. The molecule has 2 saturated heterocycles. The minimum absolute atomic E-state index is 0.138. The first kappa shape index (κ1) is 11.9. The molecule has 0 bridgehead atoms. The molecule has 1 aliphatic carbocycles. The van der Waals surface area contributed by atoms with Gasteiger partial charge in [-0.3, -0.25) is 0 Å². The Kier molecular flexibility index (Phi) is 2.59. The van der Waals surface area contributed by atoms with Gasteiger partial charge in [-0.2, -0.15) is 0 Å². The zero-order chi connectivity index (χ0) is 12.3. The SMILES string of the molecule is CC1CCC2OC3(OCC(C)(C)C3C)OC2C1. The summed E-state index contributed by atoms with van der Waals surface area (Å²) in [6.07, 6.45) is 3.98. The zero-order valence-electron chi connectivity index (χ0n) is 11.4. The van der Waals surface area contributed by atoms with Gasteiger partial charge >= 0.3 is 0 Å². The van der Waals surface area contributed by atoms with Crippen molar-refractivity contribution in [3.8, 4) is 0 Å². The molecule has 0 N–H and O–H groups in total. The number of hydrogen-bond donors (Lipinski definition) is 0. The molecule has 0 aromatic rings. The van der Waals surface area contributed by atoms with E-state index in [-0.39, 0.29) is 23.5 Å². The van der Waals surface area contributed by atoms with Crippen LogP contribution < -0.4 is 0 Å². The van der Waals surface area contributed by atoms with Gasteiger partial charge in [-0.25, -0.2) is 0 Å². The third kappa shape index (κ3) is 1.74. The molecule has 0 aromatic heterocycles. The highest BCUT2D eigenvalue weighted by atomic mass is 16.9. The number of fused-ring (bicyclic) bond motifs is 1. The fraction of sp³-hybridized carbons (Fsp3) is 1.00. The first-order chi connectivity index (χ1) is 7.93. The summed E-state index contributed by atoms with van der Waals surface area (Å²) in [7, 11) is 0. The van der Waals surface area contributed by atoms with Crippen LogP contribution in [-0.2, 0) is 14.2 Å². The van der Waals surface area contributed by atoms with Crippen LogP contribution in [0.5, 0.6) is 0 Å². The number of ether oxygens (including phenoxy) is 3. The van der Waals surface area contributed by atoms with Crippen molar-refractivity contribution < 1.29 is 14.2 Å². The standard InChI is InChI=1S/C14H24O3/c1-9-5-6-11-12(7-9)17-14(16-11)10(2)13(3,4)8-15-14/h9-12H,5-8H2,1-4H3. The Balaban J connectivity index is 1.79. The Labute approximate surface area is 104 Å². The van der Waals surface area contributed by atoms with E-state index in [2.05, 4.69) is 27.7 Å². The lowest BCUT2D eigenvalue weighted by atomic mass is 9.82. The minimum atomic E-state index is -0.747. The summed E-state index contributed by atoms with van der Waals surface area (Å²) in [5.74, 6) is 0.290. The van der Waals surface area contributed by atoms with E-state index in [0.29, 0.717) is 0 Å². The summed E-state index contributed by atoms with van der Waals surface area (Å²) in [6.45, 7) is 9.66. The largest absolute Gasteiger partial charge is 0.327 e. The van der Waals surface area contributed by atoms with Crippen molar-refractivity contribution in [1.82, 2.24) is 0 Å². The second-order valence-electron chi connectivity index (χ2n) is 6.83. The van der Waals surface area contributed by atoms with Gasteiger partial charge in [0.2, 0.25) is 0 Å². The molecule has 3 fully saturated rings. The van der Waals surface area contributed by atoms with Crippen LogP contribution in [0.15, 0.2) is 0 Å². The van der Waals surface area contributed by atoms with E-state index in [1.54, 1.807) is 0 Å². The zero-order valence-corrected chi connectivity index (χ0v) is 11.4. The third-order valence-electron chi connectivity index (χ3n) is 4.97. The smallest absolute Gasteiger partial charge is 0.286 e. The molecule has 2 heterocycles. The molecule has 5 atom stereocenters. The van der Waals surface area contributed by atoms with E-state index in [0.717, 1.165) is 25.4 Å². The molecule has 3 nitrogen and oxygen atoms in total. The molecule has 3 heteroatoms. The lowest BCUT2D eigenvalue weighted by Crippen LogP contribution is -2.39. The van der Waals surface area contributed by atoms with E-state index in [4.69, 9.17) is 14.2 Å². The maximum atomic E-state index is 6.19. The van der Waals surface area contributed by atoms with Crippen molar-refractivity contribution in [3.63, 3.8) is 0 Å². The molecule has 3 rings (SSSR count). The van der Waals surface area contributed by atoms with Crippen LogP contribution >= 0.6 is 0 Å². The van der Waals surface area contributed by atoms with Gasteiger partial charge in [0.1, 0.15) is 0 Å². The van der Waals surface area contributed by atoms with Crippen LogP contribution in [0.2, 0.25) is 0 Å². The molecule has 1 saturated carbocycles. The monoisotopic (exact) mass is 240 g/mol. The Hall–Kier alpha value is -0.120. The summed E-state index contributed by atoms with van der Waals surface area (Å²) in [4.78, 5) is 0. The Bertz CT molecular complexity index is 315. The van der Waals surface area contributed by atoms with Gasteiger partial charge in [0.05, 0.1) is 18.8 Å². The highest BCUT2D eigenvalue weighted by Crippen LogP contribution is 2.52. The molecule has 98 valence electrons. The molecule has 0 aromatic carbocycles. The van der Waals surface area contributed by atoms with Crippen LogP contribution in [0, 0.1) is 17.3 Å². The Morgan fingerprint density at radius 1 is 1.00 bits per heavy atom. The van der Waals surface area contributed by atoms with Crippen LogP contribution in [0.25, 0.3) is 0 Å². The van der Waals surface area contributed by atoms with Crippen LogP contribution in [-0.4, -0.2) is 24.8 Å². The molecule has 2 aliphatic heterocycles. The number of hydrogen-bond acceptors (Lipinski definition) is 3. The summed E-state index contributed by atoms with van der Waals surface area (Å²) in [6, 6.07) is 0. The fourth-order valence-electron chi connectivity index (χ4n) is 3.30. The molecule has 0 radical (unpaired) electrons. The predicted molar refractivity (Wildman–Crippen MR) is 64.4 cm³/mol. The van der Waals surface area contributed by atoms with Gasteiger partial charge in [-0.1, -0.05) is 27.7 Å². The molecule has 5 unspecified atom stereocenters. The topological polar surface area (TPSA) is 27.7 Å². The van der Waals surface area contributed by atoms with Gasteiger partial charge in [0, 0.05) is 5.92 Å². The Morgan fingerprint density at radius 3 is 2.35 bits per heavy atom. The molecule has 0 amide bonds. The van der Waals surface area contributed by atoms with Crippen LogP contribution in [0.3, 0.4) is 0 Å². The van der Waals surface area contributed by atoms with E-state index in [1.807, 2.05) is 0 Å². The van der Waals surface area contributed by atoms with Crippen molar-refractivity contribution in [2.75, 3.05) is 6.61 Å². The van der Waals surface area contributed by atoms with Crippen LogP contribution in [0.1, 0.15) is 47.0 Å². The second-order valence-corrected chi connectivity index (χ2v) is 6.83. The second kappa shape index (κ2) is 3.69. The molecule has 3 aliphatic rings. The number of rotatable bonds is 0. The van der Waals surface area contributed by atoms with E-state index >= 15 is 0 Å². The van der Waals surface area contributed by atoms with E-state index in [9.17, 15) is 0 Å². The van der Waals surface area contributed by atoms with Crippen molar-refractivity contribution in [2.24, 2.45) is 17.3 Å². The quantitative estimate of drug-likeness (QED) is 0.651. The molecular weight excluding hydrogens is 216 g/mol.